The number of Topliss-reactive ketones (excluding diaryl/α,β-unsaturated/α-hetero) is 2. The minimum absolute atomic E-state index is 0.0145. The molecule has 0 aliphatic heterocycles. The Labute approximate surface area is 196 Å². The van der Waals surface area contributed by atoms with Gasteiger partial charge in [0.25, 0.3) is 0 Å². The van der Waals surface area contributed by atoms with Gasteiger partial charge in [0.15, 0.2) is 5.78 Å². The summed E-state index contributed by atoms with van der Waals surface area (Å²) in [5.41, 5.74) is -1.07. The minimum Gasteiger partial charge on any atom is -0.457 e. The molecule has 0 radical (unpaired) electrons. The molecule has 0 saturated heterocycles. The second-order valence-corrected chi connectivity index (χ2v) is 7.44. The lowest BCUT2D eigenvalue weighted by molar-refractivity contribution is -0.137. The number of pyridine rings is 1. The third kappa shape index (κ3) is 6.38. The molecular weight excluding hydrogens is 462 g/mol. The van der Waals surface area contributed by atoms with E-state index in [0.29, 0.717) is 0 Å². The molecule has 0 aliphatic carbocycles. The van der Waals surface area contributed by atoms with E-state index < -0.39 is 47.4 Å². The summed E-state index contributed by atoms with van der Waals surface area (Å²) in [7, 11) is 0. The lowest BCUT2D eigenvalue weighted by Crippen LogP contribution is -2.10. The number of benzene rings is 2. The van der Waals surface area contributed by atoms with Crippen molar-refractivity contribution < 1.29 is 36.0 Å². The molecule has 172 valence electrons. The summed E-state index contributed by atoms with van der Waals surface area (Å²) in [6.45, 7) is -2.46. The van der Waals surface area contributed by atoms with Crippen LogP contribution in [0.15, 0.2) is 54.7 Å². The molecular formula is C24H18ClF4NO3. The Bertz CT molecular complexity index is 1300. The van der Waals surface area contributed by atoms with Crippen molar-refractivity contribution in [2.45, 2.75) is 32.3 Å². The first-order valence-corrected chi connectivity index (χ1v) is 9.92. The summed E-state index contributed by atoms with van der Waals surface area (Å²) < 4.78 is 80.7. The number of hydrogen-bond donors (Lipinski definition) is 0. The zero-order valence-corrected chi connectivity index (χ0v) is 17.6. The fourth-order valence-corrected chi connectivity index (χ4v) is 3.22. The van der Waals surface area contributed by atoms with Gasteiger partial charge in [-0.3, -0.25) is 14.6 Å². The van der Waals surface area contributed by atoms with Crippen LogP contribution in [0.1, 0.15) is 44.6 Å². The highest BCUT2D eigenvalue weighted by atomic mass is 35.5. The monoisotopic (exact) mass is 482 g/mol. The Kier molecular flexibility index (Phi) is 6.24. The van der Waals surface area contributed by atoms with E-state index in [4.69, 9.17) is 20.5 Å². The molecule has 0 bridgehead atoms. The summed E-state index contributed by atoms with van der Waals surface area (Å²) in [6, 6.07) is 9.45. The zero-order chi connectivity index (χ0) is 26.7. The molecule has 0 amide bonds. The van der Waals surface area contributed by atoms with Crippen molar-refractivity contribution in [3.05, 3.63) is 88.0 Å². The quantitative estimate of drug-likeness (QED) is 0.267. The van der Waals surface area contributed by atoms with Crippen LogP contribution in [0, 0.1) is 5.82 Å². The Hall–Kier alpha value is -3.26. The molecule has 0 atom stereocenters. The SMILES string of the molecule is [2H]C([2H])([2H])CC(=O)c1cc(Oc2ccc(CC(=O)Cc3ccc(Cl)c(C(F)(F)F)c3)c(F)c2)ccn1. The van der Waals surface area contributed by atoms with Gasteiger partial charge in [-0.15, -0.1) is 0 Å². The molecule has 3 aromatic rings. The molecule has 0 aliphatic rings. The van der Waals surface area contributed by atoms with Crippen molar-refractivity contribution in [1.29, 1.82) is 0 Å². The van der Waals surface area contributed by atoms with Gasteiger partial charge in [0.1, 0.15) is 28.8 Å². The van der Waals surface area contributed by atoms with Crippen molar-refractivity contribution in [2.24, 2.45) is 0 Å². The number of aromatic nitrogens is 1. The molecule has 2 aromatic carbocycles. The number of halogens is 5. The average Bonchev–Trinajstić information content (AvgIpc) is 2.75. The van der Waals surface area contributed by atoms with Crippen LogP contribution >= 0.6 is 11.6 Å². The van der Waals surface area contributed by atoms with Crippen molar-refractivity contribution in [1.82, 2.24) is 4.98 Å². The molecule has 1 heterocycles. The maximum absolute atomic E-state index is 14.6. The van der Waals surface area contributed by atoms with Crippen molar-refractivity contribution >= 4 is 23.2 Å². The van der Waals surface area contributed by atoms with Gasteiger partial charge in [0, 0.05) is 41.7 Å². The van der Waals surface area contributed by atoms with Crippen LogP contribution in [-0.4, -0.2) is 16.6 Å². The first kappa shape index (κ1) is 20.4. The van der Waals surface area contributed by atoms with E-state index in [1.54, 1.807) is 0 Å². The van der Waals surface area contributed by atoms with E-state index in [-0.39, 0.29) is 41.2 Å². The molecule has 0 fully saturated rings. The standard InChI is InChI=1S/C24H18ClF4NO3/c1-2-23(32)22-13-18(7-8-30-22)33-17-5-4-15(21(26)12-17)11-16(31)9-14-3-6-20(25)19(10-14)24(27,28)29/h3-8,10,12-13H,2,9,11H2,1H3/i1D3. The smallest absolute Gasteiger partial charge is 0.417 e. The lowest BCUT2D eigenvalue weighted by atomic mass is 10.0. The third-order valence-electron chi connectivity index (χ3n) is 4.56. The predicted molar refractivity (Wildman–Crippen MR) is 114 cm³/mol. The number of ether oxygens (including phenoxy) is 1. The summed E-state index contributed by atoms with van der Waals surface area (Å²) >= 11 is 5.58. The molecule has 0 unspecified atom stereocenters. The highest BCUT2D eigenvalue weighted by Gasteiger charge is 2.33. The second-order valence-electron chi connectivity index (χ2n) is 7.04. The highest BCUT2D eigenvalue weighted by molar-refractivity contribution is 6.31. The Morgan fingerprint density at radius 1 is 1.06 bits per heavy atom. The zero-order valence-electron chi connectivity index (χ0n) is 19.9. The van der Waals surface area contributed by atoms with Crippen molar-refractivity contribution in [3.8, 4) is 11.5 Å². The van der Waals surface area contributed by atoms with Gasteiger partial charge in [-0.2, -0.15) is 13.2 Å². The average molecular weight is 483 g/mol. The summed E-state index contributed by atoms with van der Waals surface area (Å²) in [5.74, 6) is -1.84. The van der Waals surface area contributed by atoms with Gasteiger partial charge in [-0.1, -0.05) is 30.6 Å². The molecule has 3 rings (SSSR count). The fourth-order valence-electron chi connectivity index (χ4n) is 2.99. The van der Waals surface area contributed by atoms with Gasteiger partial charge in [0.05, 0.1) is 10.6 Å². The van der Waals surface area contributed by atoms with E-state index in [0.717, 1.165) is 18.2 Å². The molecule has 0 spiro atoms. The number of carbonyl (C=O) groups excluding carboxylic acids is 2. The summed E-state index contributed by atoms with van der Waals surface area (Å²) in [5, 5.41) is -0.483. The number of ketones is 2. The van der Waals surface area contributed by atoms with E-state index >= 15 is 0 Å². The Balaban J connectivity index is 1.67. The number of nitrogens with zero attached hydrogens (tertiary/aromatic N) is 1. The maximum atomic E-state index is 14.6. The summed E-state index contributed by atoms with van der Waals surface area (Å²) in [6.07, 6.45) is -4.83. The molecule has 9 heteroatoms. The number of rotatable bonds is 8. The van der Waals surface area contributed by atoms with Crippen LogP contribution < -0.4 is 4.74 Å². The van der Waals surface area contributed by atoms with Crippen LogP contribution in [0.5, 0.6) is 11.5 Å². The van der Waals surface area contributed by atoms with Crippen molar-refractivity contribution in [2.75, 3.05) is 0 Å². The molecule has 0 saturated carbocycles. The van der Waals surface area contributed by atoms with E-state index in [9.17, 15) is 27.2 Å². The maximum Gasteiger partial charge on any atom is 0.417 e. The third-order valence-corrected chi connectivity index (χ3v) is 4.89. The van der Waals surface area contributed by atoms with E-state index in [1.165, 1.54) is 36.5 Å². The highest BCUT2D eigenvalue weighted by Crippen LogP contribution is 2.35. The molecule has 4 nitrogen and oxygen atoms in total. The van der Waals surface area contributed by atoms with Gasteiger partial charge in [0.2, 0.25) is 0 Å². The first-order chi connectivity index (χ1) is 16.7. The minimum atomic E-state index is -4.67. The first-order valence-electron chi connectivity index (χ1n) is 11.0. The number of alkyl halides is 3. The normalized spacial score (nSPS) is 13.1. The molecule has 0 N–H and O–H groups in total. The number of carbonyl (C=O) groups is 2. The van der Waals surface area contributed by atoms with Gasteiger partial charge in [-0.25, -0.2) is 4.39 Å². The Morgan fingerprint density at radius 3 is 2.52 bits per heavy atom. The van der Waals surface area contributed by atoms with Gasteiger partial charge < -0.3 is 4.74 Å². The Morgan fingerprint density at radius 2 is 1.82 bits per heavy atom. The van der Waals surface area contributed by atoms with Gasteiger partial charge in [-0.05, 0) is 35.4 Å². The van der Waals surface area contributed by atoms with Crippen LogP contribution in [0.25, 0.3) is 0 Å². The second kappa shape index (κ2) is 10.1. The van der Waals surface area contributed by atoms with Crippen LogP contribution in [0.3, 0.4) is 0 Å². The largest absolute Gasteiger partial charge is 0.457 e. The van der Waals surface area contributed by atoms with E-state index in [2.05, 4.69) is 4.98 Å². The van der Waals surface area contributed by atoms with Crippen LogP contribution in [0.2, 0.25) is 5.02 Å². The lowest BCUT2D eigenvalue weighted by Gasteiger charge is -2.11. The molecule has 33 heavy (non-hydrogen) atoms. The van der Waals surface area contributed by atoms with Crippen molar-refractivity contribution in [3.63, 3.8) is 0 Å². The number of hydrogen-bond acceptors (Lipinski definition) is 4. The van der Waals surface area contributed by atoms with Gasteiger partial charge >= 0.3 is 6.18 Å². The predicted octanol–water partition coefficient (Wildman–Crippen LogP) is 6.63. The van der Waals surface area contributed by atoms with Crippen LogP contribution in [-0.2, 0) is 23.8 Å². The molecule has 1 aromatic heterocycles. The van der Waals surface area contributed by atoms with Crippen LogP contribution in [0.4, 0.5) is 17.6 Å². The topological polar surface area (TPSA) is 56.3 Å². The fraction of sp³-hybridized carbons (Fsp3) is 0.208. The summed E-state index contributed by atoms with van der Waals surface area (Å²) in [4.78, 5) is 28.2. The van der Waals surface area contributed by atoms with E-state index in [1.807, 2.05) is 0 Å².